The lowest BCUT2D eigenvalue weighted by Crippen LogP contribution is -2.45. The van der Waals surface area contributed by atoms with Gasteiger partial charge in [-0.05, 0) is 68.5 Å². The van der Waals surface area contributed by atoms with E-state index in [-0.39, 0.29) is 41.3 Å². The molecule has 2 aliphatic heterocycles. The smallest absolute Gasteiger partial charge is 0.305 e. The van der Waals surface area contributed by atoms with E-state index in [4.69, 9.17) is 28.1 Å². The summed E-state index contributed by atoms with van der Waals surface area (Å²) >= 11 is 0. The quantitative estimate of drug-likeness (QED) is 0.148. The van der Waals surface area contributed by atoms with Crippen molar-refractivity contribution in [3.63, 3.8) is 0 Å². The molecule has 3 aliphatic rings. The van der Waals surface area contributed by atoms with E-state index in [1.54, 1.807) is 0 Å². The molecule has 3 fully saturated rings. The SMILES string of the molecule is CCCCCC1(CCC2C(OC3CCCCO3)C[C@@H](O[Si](C)(C)C(C)(C)C)[C@H]2CC(=O)OC)OCCO1. The van der Waals surface area contributed by atoms with Crippen LogP contribution in [-0.2, 0) is 32.9 Å². The van der Waals surface area contributed by atoms with Crippen LogP contribution in [-0.4, -0.2) is 65.5 Å². The number of ether oxygens (including phenoxy) is 5. The zero-order chi connectivity index (χ0) is 27.1. The zero-order valence-corrected chi connectivity index (χ0v) is 25.6. The van der Waals surface area contributed by atoms with Crippen molar-refractivity contribution >= 4 is 14.3 Å². The summed E-state index contributed by atoms with van der Waals surface area (Å²) in [6.45, 7) is 15.6. The second-order valence-corrected chi connectivity index (χ2v) is 17.6. The Hall–Kier alpha value is -0.513. The predicted molar refractivity (Wildman–Crippen MR) is 147 cm³/mol. The van der Waals surface area contributed by atoms with Gasteiger partial charge in [0.1, 0.15) is 0 Å². The molecule has 0 amide bonds. The predicted octanol–water partition coefficient (Wildman–Crippen LogP) is 6.59. The fourth-order valence-electron chi connectivity index (χ4n) is 5.89. The van der Waals surface area contributed by atoms with Crippen LogP contribution >= 0.6 is 0 Å². The average molecular weight is 543 g/mol. The minimum Gasteiger partial charge on any atom is -0.469 e. The van der Waals surface area contributed by atoms with Crippen molar-refractivity contribution in [3.05, 3.63) is 0 Å². The van der Waals surface area contributed by atoms with Crippen molar-refractivity contribution in [2.45, 2.75) is 141 Å². The van der Waals surface area contributed by atoms with Crippen LogP contribution in [0.25, 0.3) is 0 Å². The first-order valence-electron chi connectivity index (χ1n) is 14.8. The summed E-state index contributed by atoms with van der Waals surface area (Å²) in [6, 6.07) is 0. The first-order chi connectivity index (χ1) is 17.5. The second-order valence-electron chi connectivity index (χ2n) is 12.8. The van der Waals surface area contributed by atoms with Crippen molar-refractivity contribution < 1.29 is 32.9 Å². The highest BCUT2D eigenvalue weighted by Gasteiger charge is 2.51. The third kappa shape index (κ3) is 8.48. The van der Waals surface area contributed by atoms with Crippen LogP contribution < -0.4 is 0 Å². The third-order valence-electron chi connectivity index (χ3n) is 9.15. The van der Waals surface area contributed by atoms with Gasteiger partial charge in [-0.3, -0.25) is 4.79 Å². The highest BCUT2D eigenvalue weighted by Crippen LogP contribution is 2.47. The molecule has 0 radical (unpaired) electrons. The van der Waals surface area contributed by atoms with Gasteiger partial charge in [0.15, 0.2) is 20.4 Å². The number of esters is 1. The van der Waals surface area contributed by atoms with E-state index < -0.39 is 14.1 Å². The van der Waals surface area contributed by atoms with Gasteiger partial charge in [0, 0.05) is 19.4 Å². The fraction of sp³-hybridized carbons (Fsp3) is 0.966. The molecule has 0 N–H and O–H groups in total. The maximum Gasteiger partial charge on any atom is 0.305 e. The van der Waals surface area contributed by atoms with E-state index in [0.29, 0.717) is 19.6 Å². The Labute approximate surface area is 226 Å². The van der Waals surface area contributed by atoms with Crippen molar-refractivity contribution in [1.82, 2.24) is 0 Å². The van der Waals surface area contributed by atoms with Gasteiger partial charge in [0.2, 0.25) is 0 Å². The average Bonchev–Trinajstić information content (AvgIpc) is 3.43. The van der Waals surface area contributed by atoms with E-state index in [1.807, 2.05) is 0 Å². The molecule has 2 saturated heterocycles. The highest BCUT2D eigenvalue weighted by molar-refractivity contribution is 6.74. The van der Waals surface area contributed by atoms with Crippen LogP contribution in [0.4, 0.5) is 0 Å². The van der Waals surface area contributed by atoms with Gasteiger partial charge in [-0.25, -0.2) is 0 Å². The van der Waals surface area contributed by atoms with Crippen LogP contribution in [0, 0.1) is 11.8 Å². The van der Waals surface area contributed by atoms with E-state index in [0.717, 1.165) is 58.0 Å². The van der Waals surface area contributed by atoms with Crippen LogP contribution in [0.1, 0.15) is 98.3 Å². The number of carbonyl (C=O) groups is 1. The Morgan fingerprint density at radius 2 is 1.73 bits per heavy atom. The van der Waals surface area contributed by atoms with Gasteiger partial charge in [-0.15, -0.1) is 0 Å². The summed E-state index contributed by atoms with van der Waals surface area (Å²) in [4.78, 5) is 12.6. The third-order valence-corrected chi connectivity index (χ3v) is 13.7. The Bertz CT molecular complexity index is 695. The monoisotopic (exact) mass is 542 g/mol. The summed E-state index contributed by atoms with van der Waals surface area (Å²) in [6.07, 6.45) is 10.0. The van der Waals surface area contributed by atoms with E-state index in [2.05, 4.69) is 40.8 Å². The largest absolute Gasteiger partial charge is 0.469 e. The molecule has 5 atom stereocenters. The van der Waals surface area contributed by atoms with Gasteiger partial charge in [-0.1, -0.05) is 40.5 Å². The maximum atomic E-state index is 12.6. The lowest BCUT2D eigenvalue weighted by atomic mass is 9.85. The number of hydrogen-bond donors (Lipinski definition) is 0. The fourth-order valence-corrected chi connectivity index (χ4v) is 7.27. The molecule has 0 spiro atoms. The van der Waals surface area contributed by atoms with Gasteiger partial charge in [0.25, 0.3) is 0 Å². The van der Waals surface area contributed by atoms with Crippen LogP contribution in [0.2, 0.25) is 18.1 Å². The first-order valence-corrected chi connectivity index (χ1v) is 17.7. The molecule has 216 valence electrons. The van der Waals surface area contributed by atoms with Crippen LogP contribution in [0.15, 0.2) is 0 Å². The molecule has 7 nitrogen and oxygen atoms in total. The van der Waals surface area contributed by atoms with Gasteiger partial charge in [-0.2, -0.15) is 0 Å². The Morgan fingerprint density at radius 3 is 2.32 bits per heavy atom. The molecule has 1 saturated carbocycles. The minimum atomic E-state index is -2.06. The molecule has 0 aromatic heterocycles. The summed E-state index contributed by atoms with van der Waals surface area (Å²) in [5, 5.41) is 0.0819. The van der Waals surface area contributed by atoms with Gasteiger partial charge in [0.05, 0.1) is 39.0 Å². The summed E-state index contributed by atoms with van der Waals surface area (Å²) in [7, 11) is -0.583. The molecule has 3 unspecified atom stereocenters. The Morgan fingerprint density at radius 1 is 1.00 bits per heavy atom. The Kier molecular flexibility index (Phi) is 11.5. The van der Waals surface area contributed by atoms with Crippen molar-refractivity contribution in [3.8, 4) is 0 Å². The lowest BCUT2D eigenvalue weighted by Gasteiger charge is -2.40. The summed E-state index contributed by atoms with van der Waals surface area (Å²) in [5.74, 6) is -0.520. The molecule has 3 rings (SSSR count). The topological polar surface area (TPSA) is 72.5 Å². The standard InChI is InChI=1S/C29H54O7Si/c1-8-9-11-15-29(33-18-19-34-29)16-14-22-23(20-26(30)31-5)25(36-37(6,7)28(2,3)4)21-24(22)35-27-13-10-12-17-32-27/h22-25,27H,8-21H2,1-7H3/t22?,23-,24?,25+,27?/m0/s1. The number of carbonyl (C=O) groups excluding carboxylic acids is 1. The highest BCUT2D eigenvalue weighted by atomic mass is 28.4. The summed E-state index contributed by atoms with van der Waals surface area (Å²) < 4.78 is 37.2. The van der Waals surface area contributed by atoms with Crippen molar-refractivity contribution in [2.75, 3.05) is 26.9 Å². The molecule has 0 aromatic carbocycles. The van der Waals surface area contributed by atoms with E-state index >= 15 is 0 Å². The number of rotatable bonds is 13. The normalized spacial score (nSPS) is 30.5. The zero-order valence-electron chi connectivity index (χ0n) is 24.6. The molecule has 1 aliphatic carbocycles. The number of methoxy groups -OCH3 is 1. The van der Waals surface area contributed by atoms with Gasteiger partial charge < -0.3 is 28.1 Å². The molecule has 2 heterocycles. The van der Waals surface area contributed by atoms with Crippen LogP contribution in [0.3, 0.4) is 0 Å². The molecular formula is C29H54O7Si. The minimum absolute atomic E-state index is 0.0263. The molecule has 0 bridgehead atoms. The number of hydrogen-bond acceptors (Lipinski definition) is 7. The lowest BCUT2D eigenvalue weighted by molar-refractivity contribution is -0.201. The van der Waals surface area contributed by atoms with Crippen molar-refractivity contribution in [2.24, 2.45) is 11.8 Å². The molecule has 37 heavy (non-hydrogen) atoms. The van der Waals surface area contributed by atoms with Gasteiger partial charge >= 0.3 is 5.97 Å². The molecule has 8 heteroatoms. The van der Waals surface area contributed by atoms with Crippen LogP contribution in [0.5, 0.6) is 0 Å². The second kappa shape index (κ2) is 13.7. The van der Waals surface area contributed by atoms with E-state index in [1.165, 1.54) is 20.0 Å². The maximum absolute atomic E-state index is 12.6. The van der Waals surface area contributed by atoms with Crippen molar-refractivity contribution in [1.29, 1.82) is 0 Å². The molecular weight excluding hydrogens is 488 g/mol. The first kappa shape index (κ1) is 31.0. The van der Waals surface area contributed by atoms with E-state index in [9.17, 15) is 4.79 Å². The number of unbranched alkanes of at least 4 members (excludes halogenated alkanes) is 2. The summed E-state index contributed by atoms with van der Waals surface area (Å²) in [5.41, 5.74) is 0. The Balaban J connectivity index is 1.83. The molecule has 0 aromatic rings.